The summed E-state index contributed by atoms with van der Waals surface area (Å²) in [5.74, 6) is 2.36. The Balaban J connectivity index is 1.81. The first-order valence-electron chi connectivity index (χ1n) is 10.8. The van der Waals surface area contributed by atoms with Crippen LogP contribution in [-0.2, 0) is 4.79 Å². The molecule has 0 aliphatic heterocycles. The second-order valence-electron chi connectivity index (χ2n) is 8.07. The number of aliphatic hydroxyl groups excluding tert-OH is 1. The van der Waals surface area contributed by atoms with Crippen molar-refractivity contribution in [2.45, 2.75) is 18.8 Å². The van der Waals surface area contributed by atoms with E-state index in [1.165, 1.54) is 6.08 Å². The normalized spacial score (nSPS) is 21.1. The Morgan fingerprint density at radius 3 is 2.30 bits per heavy atom. The van der Waals surface area contributed by atoms with Crippen LogP contribution in [0.4, 0.5) is 0 Å². The van der Waals surface area contributed by atoms with Gasteiger partial charge in [0.2, 0.25) is 0 Å². The van der Waals surface area contributed by atoms with Gasteiger partial charge in [0.15, 0.2) is 28.8 Å². The van der Waals surface area contributed by atoms with E-state index in [0.717, 1.165) is 16.7 Å². The van der Waals surface area contributed by atoms with Gasteiger partial charge < -0.3 is 24.1 Å². The Labute approximate surface area is 193 Å². The maximum atomic E-state index is 11.8. The van der Waals surface area contributed by atoms with E-state index in [0.29, 0.717) is 35.0 Å². The largest absolute Gasteiger partial charge is 0.511 e. The molecule has 172 valence electrons. The van der Waals surface area contributed by atoms with E-state index in [1.807, 2.05) is 36.4 Å². The Morgan fingerprint density at radius 2 is 1.67 bits per heavy atom. The van der Waals surface area contributed by atoms with Gasteiger partial charge in [-0.1, -0.05) is 30.4 Å². The lowest BCUT2D eigenvalue weighted by Crippen LogP contribution is -2.12. The van der Waals surface area contributed by atoms with Gasteiger partial charge in [0, 0.05) is 23.8 Å². The van der Waals surface area contributed by atoms with Gasteiger partial charge in [-0.15, -0.1) is 0 Å². The van der Waals surface area contributed by atoms with Crippen LogP contribution in [0, 0.1) is 5.92 Å². The van der Waals surface area contributed by atoms with E-state index in [9.17, 15) is 9.90 Å². The molecule has 0 aromatic heterocycles. The van der Waals surface area contributed by atoms with Crippen molar-refractivity contribution in [2.75, 3.05) is 28.4 Å². The molecule has 2 unspecified atom stereocenters. The summed E-state index contributed by atoms with van der Waals surface area (Å²) < 4.78 is 22.1. The zero-order valence-electron chi connectivity index (χ0n) is 19.3. The standard InChI is InChI=1S/C27H28O6/c1-30-23-11-9-16(15-25(23)32-3)18-13-21(20-6-5-7-24(31-2)27(20)33-4)22(14-18)26(29)17-8-10-19(28)12-17/h5-11,14-15,21-22,29H,12-13H2,1-4H3. The number of methoxy groups -OCH3 is 4. The molecule has 2 aliphatic rings. The molecule has 0 heterocycles. The molecule has 2 aromatic rings. The average molecular weight is 449 g/mol. The lowest BCUT2D eigenvalue weighted by atomic mass is 9.84. The summed E-state index contributed by atoms with van der Waals surface area (Å²) in [5, 5.41) is 11.3. The van der Waals surface area contributed by atoms with Crippen molar-refractivity contribution in [3.8, 4) is 23.0 Å². The number of ketones is 1. The first-order chi connectivity index (χ1) is 16.0. The minimum Gasteiger partial charge on any atom is -0.511 e. The van der Waals surface area contributed by atoms with E-state index in [4.69, 9.17) is 18.9 Å². The fourth-order valence-corrected chi connectivity index (χ4v) is 4.68. The molecule has 0 fully saturated rings. The summed E-state index contributed by atoms with van der Waals surface area (Å²) in [6.07, 6.45) is 6.17. The summed E-state index contributed by atoms with van der Waals surface area (Å²) >= 11 is 0. The van der Waals surface area contributed by atoms with Gasteiger partial charge in [-0.3, -0.25) is 4.79 Å². The highest BCUT2D eigenvalue weighted by Gasteiger charge is 2.36. The molecular weight excluding hydrogens is 420 g/mol. The maximum absolute atomic E-state index is 11.8. The predicted molar refractivity (Wildman–Crippen MR) is 126 cm³/mol. The number of aliphatic hydroxyl groups is 1. The predicted octanol–water partition coefficient (Wildman–Crippen LogP) is 5.25. The number of hydrogen-bond donors (Lipinski definition) is 1. The first kappa shape index (κ1) is 22.5. The topological polar surface area (TPSA) is 74.2 Å². The lowest BCUT2D eigenvalue weighted by molar-refractivity contribution is -0.113. The van der Waals surface area contributed by atoms with Crippen LogP contribution in [0.25, 0.3) is 5.57 Å². The number of rotatable bonds is 7. The second-order valence-corrected chi connectivity index (χ2v) is 8.07. The first-order valence-corrected chi connectivity index (χ1v) is 10.8. The smallest absolute Gasteiger partial charge is 0.164 e. The molecule has 0 saturated carbocycles. The molecule has 0 bridgehead atoms. The third-order valence-corrected chi connectivity index (χ3v) is 6.32. The van der Waals surface area contributed by atoms with E-state index in [1.54, 1.807) is 34.5 Å². The van der Waals surface area contributed by atoms with Crippen LogP contribution < -0.4 is 18.9 Å². The molecule has 2 aromatic carbocycles. The molecule has 2 atom stereocenters. The molecule has 0 radical (unpaired) electrons. The summed E-state index contributed by atoms with van der Waals surface area (Å²) in [6.45, 7) is 0. The van der Waals surface area contributed by atoms with Gasteiger partial charge >= 0.3 is 0 Å². The molecule has 0 amide bonds. The summed E-state index contributed by atoms with van der Waals surface area (Å²) in [7, 11) is 6.44. The fraction of sp³-hybridized carbons (Fsp3) is 0.296. The highest BCUT2D eigenvalue weighted by Crippen LogP contribution is 2.50. The third kappa shape index (κ3) is 4.21. The highest BCUT2D eigenvalue weighted by atomic mass is 16.5. The van der Waals surface area contributed by atoms with Gasteiger partial charge in [-0.2, -0.15) is 0 Å². The number of ether oxygens (including phenoxy) is 4. The number of allylic oxidation sites excluding steroid dienone is 5. The minimum absolute atomic E-state index is 0.00542. The van der Waals surface area contributed by atoms with Crippen molar-refractivity contribution < 1.29 is 28.8 Å². The van der Waals surface area contributed by atoms with Gasteiger partial charge in [0.05, 0.1) is 28.4 Å². The van der Waals surface area contributed by atoms with Gasteiger partial charge in [0.1, 0.15) is 5.76 Å². The van der Waals surface area contributed by atoms with Crippen molar-refractivity contribution in [1.29, 1.82) is 0 Å². The van der Waals surface area contributed by atoms with E-state index < -0.39 is 0 Å². The molecule has 0 saturated heterocycles. The van der Waals surface area contributed by atoms with Crippen LogP contribution in [0.5, 0.6) is 23.0 Å². The summed E-state index contributed by atoms with van der Waals surface area (Å²) in [6, 6.07) is 11.6. The Bertz CT molecular complexity index is 1160. The van der Waals surface area contributed by atoms with Crippen LogP contribution in [-0.4, -0.2) is 39.3 Å². The molecule has 0 spiro atoms. The summed E-state index contributed by atoms with van der Waals surface area (Å²) in [4.78, 5) is 11.8. The SMILES string of the molecule is COc1ccc(C2=CC(C(O)=C3C=CC(=O)C3)C(c3cccc(OC)c3OC)C2)cc1OC. The molecule has 6 heteroatoms. The Morgan fingerprint density at radius 1 is 0.909 bits per heavy atom. The number of carbonyl (C=O) groups is 1. The molecule has 6 nitrogen and oxygen atoms in total. The zero-order chi connectivity index (χ0) is 23.5. The van der Waals surface area contributed by atoms with E-state index in [2.05, 4.69) is 6.08 Å². The van der Waals surface area contributed by atoms with Gasteiger partial charge in [-0.05, 0) is 47.4 Å². The highest BCUT2D eigenvalue weighted by molar-refractivity contribution is 5.95. The van der Waals surface area contributed by atoms with Gasteiger partial charge in [-0.25, -0.2) is 0 Å². The molecule has 4 rings (SSSR count). The number of para-hydroxylation sites is 1. The number of benzene rings is 2. The van der Waals surface area contributed by atoms with Crippen molar-refractivity contribution in [3.05, 3.63) is 77.1 Å². The molecule has 2 aliphatic carbocycles. The van der Waals surface area contributed by atoms with Gasteiger partial charge in [0.25, 0.3) is 0 Å². The average Bonchev–Trinajstić information content (AvgIpc) is 3.49. The second kappa shape index (κ2) is 9.45. The van der Waals surface area contributed by atoms with Crippen molar-refractivity contribution in [2.24, 2.45) is 5.92 Å². The van der Waals surface area contributed by atoms with Crippen LogP contribution in [0.2, 0.25) is 0 Å². The monoisotopic (exact) mass is 448 g/mol. The fourth-order valence-electron chi connectivity index (χ4n) is 4.68. The number of hydrogen-bond acceptors (Lipinski definition) is 6. The van der Waals surface area contributed by atoms with E-state index >= 15 is 0 Å². The number of carbonyl (C=O) groups excluding carboxylic acids is 1. The lowest BCUT2D eigenvalue weighted by Gasteiger charge is -2.23. The maximum Gasteiger partial charge on any atom is 0.164 e. The minimum atomic E-state index is -0.320. The summed E-state index contributed by atoms with van der Waals surface area (Å²) in [5.41, 5.74) is 3.64. The molecular formula is C27H28O6. The quantitative estimate of drug-likeness (QED) is 0.583. The van der Waals surface area contributed by atoms with Crippen molar-refractivity contribution >= 4 is 11.4 Å². The molecule has 33 heavy (non-hydrogen) atoms. The van der Waals surface area contributed by atoms with Crippen LogP contribution in [0.1, 0.15) is 29.9 Å². The van der Waals surface area contributed by atoms with Crippen LogP contribution in [0.3, 0.4) is 0 Å². The van der Waals surface area contributed by atoms with Crippen molar-refractivity contribution in [3.63, 3.8) is 0 Å². The van der Waals surface area contributed by atoms with Crippen LogP contribution in [0.15, 0.2) is 66.0 Å². The Hall–Kier alpha value is -3.67. The third-order valence-electron chi connectivity index (χ3n) is 6.32. The molecule has 1 N–H and O–H groups in total. The van der Waals surface area contributed by atoms with Crippen molar-refractivity contribution in [1.82, 2.24) is 0 Å². The van der Waals surface area contributed by atoms with E-state index in [-0.39, 0.29) is 29.8 Å². The van der Waals surface area contributed by atoms with Crippen LogP contribution >= 0.6 is 0 Å². The Kier molecular flexibility index (Phi) is 6.45. The zero-order valence-corrected chi connectivity index (χ0v) is 19.3.